The van der Waals surface area contributed by atoms with Gasteiger partial charge in [-0.3, -0.25) is 0 Å². The molecule has 0 aromatic rings. The van der Waals surface area contributed by atoms with Crippen LogP contribution in [-0.2, 0) is 0 Å². The van der Waals surface area contributed by atoms with Crippen LogP contribution in [0, 0.1) is 5.92 Å². The lowest BCUT2D eigenvalue weighted by Gasteiger charge is -2.31. The van der Waals surface area contributed by atoms with Crippen molar-refractivity contribution >= 4 is 6.03 Å². The summed E-state index contributed by atoms with van der Waals surface area (Å²) in [5, 5.41) is 3.08. The van der Waals surface area contributed by atoms with E-state index in [9.17, 15) is 4.79 Å². The molecule has 1 aliphatic carbocycles. The van der Waals surface area contributed by atoms with Gasteiger partial charge in [0.05, 0.1) is 0 Å². The number of urea groups is 1. The van der Waals surface area contributed by atoms with Crippen LogP contribution in [-0.4, -0.2) is 30.1 Å². The van der Waals surface area contributed by atoms with E-state index in [1.54, 1.807) is 0 Å². The van der Waals surface area contributed by atoms with E-state index >= 15 is 0 Å². The Labute approximate surface area is 93.2 Å². The fourth-order valence-corrected chi connectivity index (χ4v) is 1.68. The fourth-order valence-electron chi connectivity index (χ4n) is 1.68. The molecule has 1 saturated carbocycles. The third-order valence-electron chi connectivity index (χ3n) is 3.33. The lowest BCUT2D eigenvalue weighted by molar-refractivity contribution is 0.181. The highest BCUT2D eigenvalue weighted by Crippen LogP contribution is 2.18. The minimum absolute atomic E-state index is 0.127. The van der Waals surface area contributed by atoms with Gasteiger partial charge in [-0.1, -0.05) is 20.3 Å². The number of carbonyl (C=O) groups is 1. The molecule has 1 N–H and O–H groups in total. The number of nitrogens with one attached hydrogen (secondary N) is 1. The van der Waals surface area contributed by atoms with E-state index < -0.39 is 0 Å². The Morgan fingerprint density at radius 1 is 1.47 bits per heavy atom. The summed E-state index contributed by atoms with van der Waals surface area (Å²) in [6, 6.07) is 0.575. The van der Waals surface area contributed by atoms with Crippen molar-refractivity contribution in [3.05, 3.63) is 0 Å². The highest BCUT2D eigenvalue weighted by molar-refractivity contribution is 5.74. The zero-order chi connectivity index (χ0) is 11.3. The monoisotopic (exact) mass is 212 g/mol. The Bertz CT molecular complexity index is 202. The first kappa shape index (κ1) is 12.3. The molecule has 1 aliphatic rings. The molecule has 0 saturated heterocycles. The molecule has 1 unspecified atom stereocenters. The molecule has 88 valence electrons. The first-order valence-corrected chi connectivity index (χ1v) is 6.22. The van der Waals surface area contributed by atoms with Crippen molar-refractivity contribution in [1.29, 1.82) is 0 Å². The molecule has 2 amide bonds. The predicted octanol–water partition coefficient (Wildman–Crippen LogP) is 2.62. The third-order valence-corrected chi connectivity index (χ3v) is 3.33. The maximum Gasteiger partial charge on any atom is 0.317 e. The van der Waals surface area contributed by atoms with Gasteiger partial charge in [0.15, 0.2) is 0 Å². The van der Waals surface area contributed by atoms with E-state index in [2.05, 4.69) is 19.2 Å². The fraction of sp³-hybridized carbons (Fsp3) is 0.917. The van der Waals surface area contributed by atoms with Crippen molar-refractivity contribution in [2.75, 3.05) is 13.1 Å². The van der Waals surface area contributed by atoms with Crippen LogP contribution in [0.1, 0.15) is 46.5 Å². The minimum Gasteiger partial charge on any atom is -0.335 e. The van der Waals surface area contributed by atoms with Crippen molar-refractivity contribution < 1.29 is 4.79 Å². The minimum atomic E-state index is 0.127. The molecule has 3 nitrogen and oxygen atoms in total. The van der Waals surface area contributed by atoms with Gasteiger partial charge in [0.2, 0.25) is 0 Å². The van der Waals surface area contributed by atoms with Crippen LogP contribution in [0.4, 0.5) is 4.79 Å². The second-order valence-corrected chi connectivity index (χ2v) is 4.63. The van der Waals surface area contributed by atoms with Gasteiger partial charge in [-0.05, 0) is 32.1 Å². The van der Waals surface area contributed by atoms with Gasteiger partial charge in [0, 0.05) is 19.1 Å². The Balaban J connectivity index is 2.31. The molecule has 0 heterocycles. The molecule has 0 bridgehead atoms. The molecular formula is C12H24N2O. The predicted molar refractivity (Wildman–Crippen MR) is 62.9 cm³/mol. The maximum absolute atomic E-state index is 11.8. The molecule has 0 radical (unpaired) electrons. The van der Waals surface area contributed by atoms with Crippen LogP contribution in [0.2, 0.25) is 0 Å². The number of carbonyl (C=O) groups excluding carboxylic acids is 1. The van der Waals surface area contributed by atoms with Crippen LogP contribution >= 0.6 is 0 Å². The average Bonchev–Trinajstić information content (AvgIpc) is 2.19. The molecular weight excluding hydrogens is 188 g/mol. The van der Waals surface area contributed by atoms with Crippen molar-refractivity contribution in [3.63, 3.8) is 0 Å². The Kier molecular flexibility index (Phi) is 4.92. The molecule has 0 aliphatic heterocycles. The van der Waals surface area contributed by atoms with Gasteiger partial charge in [0.1, 0.15) is 0 Å². The number of amides is 2. The van der Waals surface area contributed by atoms with Crippen LogP contribution in [0.15, 0.2) is 0 Å². The van der Waals surface area contributed by atoms with Gasteiger partial charge in [-0.15, -0.1) is 0 Å². The smallest absolute Gasteiger partial charge is 0.317 e. The van der Waals surface area contributed by atoms with E-state index in [-0.39, 0.29) is 6.03 Å². The molecule has 0 spiro atoms. The molecule has 1 rings (SSSR count). The molecule has 1 fully saturated rings. The maximum atomic E-state index is 11.8. The molecule has 0 aromatic heterocycles. The van der Waals surface area contributed by atoms with Crippen LogP contribution < -0.4 is 5.32 Å². The Hall–Kier alpha value is -0.730. The second kappa shape index (κ2) is 5.99. The zero-order valence-corrected chi connectivity index (χ0v) is 10.3. The Morgan fingerprint density at radius 3 is 2.53 bits per heavy atom. The number of hydrogen-bond donors (Lipinski definition) is 1. The number of hydrogen-bond acceptors (Lipinski definition) is 1. The van der Waals surface area contributed by atoms with E-state index in [4.69, 9.17) is 0 Å². The van der Waals surface area contributed by atoms with Gasteiger partial charge < -0.3 is 10.2 Å². The molecule has 15 heavy (non-hydrogen) atoms. The summed E-state index contributed by atoms with van der Waals surface area (Å²) in [6.07, 6.45) is 4.72. The lowest BCUT2D eigenvalue weighted by Crippen LogP contribution is -2.48. The van der Waals surface area contributed by atoms with Crippen molar-refractivity contribution in [2.45, 2.75) is 52.5 Å². The first-order chi connectivity index (χ1) is 7.17. The summed E-state index contributed by atoms with van der Waals surface area (Å²) in [6.45, 7) is 8.10. The van der Waals surface area contributed by atoms with E-state index in [1.165, 1.54) is 6.42 Å². The first-order valence-electron chi connectivity index (χ1n) is 6.22. The van der Waals surface area contributed by atoms with Crippen LogP contribution in [0.25, 0.3) is 0 Å². The summed E-state index contributed by atoms with van der Waals surface area (Å²) < 4.78 is 0. The summed E-state index contributed by atoms with van der Waals surface area (Å²) in [4.78, 5) is 13.8. The second-order valence-electron chi connectivity index (χ2n) is 4.63. The van der Waals surface area contributed by atoms with Gasteiger partial charge in [0.25, 0.3) is 0 Å². The largest absolute Gasteiger partial charge is 0.335 e. The zero-order valence-electron chi connectivity index (χ0n) is 10.3. The Morgan fingerprint density at radius 2 is 2.13 bits per heavy atom. The van der Waals surface area contributed by atoms with E-state index in [0.717, 1.165) is 32.4 Å². The lowest BCUT2D eigenvalue weighted by atomic mass is 9.93. The van der Waals surface area contributed by atoms with Gasteiger partial charge in [-0.2, -0.15) is 0 Å². The van der Waals surface area contributed by atoms with Crippen LogP contribution in [0.5, 0.6) is 0 Å². The summed E-state index contributed by atoms with van der Waals surface area (Å²) >= 11 is 0. The highest BCUT2D eigenvalue weighted by Gasteiger charge is 2.22. The SMILES string of the molecule is CCC(C)CN(CC)C(=O)NC1CCC1. The third kappa shape index (κ3) is 3.73. The number of rotatable bonds is 5. The highest BCUT2D eigenvalue weighted by atomic mass is 16.2. The molecule has 3 heteroatoms. The van der Waals surface area contributed by atoms with Gasteiger partial charge in [-0.25, -0.2) is 4.79 Å². The van der Waals surface area contributed by atoms with E-state index in [0.29, 0.717) is 12.0 Å². The van der Waals surface area contributed by atoms with Crippen LogP contribution in [0.3, 0.4) is 0 Å². The van der Waals surface area contributed by atoms with Gasteiger partial charge >= 0.3 is 6.03 Å². The summed E-state index contributed by atoms with van der Waals surface area (Å²) in [7, 11) is 0. The van der Waals surface area contributed by atoms with E-state index in [1.807, 2.05) is 11.8 Å². The summed E-state index contributed by atoms with van der Waals surface area (Å²) in [5.74, 6) is 0.595. The molecule has 1 atom stereocenters. The number of nitrogens with zero attached hydrogens (tertiary/aromatic N) is 1. The molecule has 0 aromatic carbocycles. The van der Waals surface area contributed by atoms with Crippen molar-refractivity contribution in [3.8, 4) is 0 Å². The average molecular weight is 212 g/mol. The van der Waals surface area contributed by atoms with Crippen molar-refractivity contribution in [1.82, 2.24) is 10.2 Å². The summed E-state index contributed by atoms with van der Waals surface area (Å²) in [5.41, 5.74) is 0. The van der Waals surface area contributed by atoms with Crippen molar-refractivity contribution in [2.24, 2.45) is 5.92 Å². The quantitative estimate of drug-likeness (QED) is 0.746. The normalized spacial score (nSPS) is 18.1. The topological polar surface area (TPSA) is 32.3 Å². The standard InChI is InChI=1S/C12H24N2O/c1-4-10(3)9-14(5-2)12(15)13-11-7-6-8-11/h10-11H,4-9H2,1-3H3,(H,13,15).